The van der Waals surface area contributed by atoms with E-state index in [9.17, 15) is 28.4 Å². The van der Waals surface area contributed by atoms with E-state index in [1.165, 1.54) is 29.0 Å². The molecule has 1 saturated heterocycles. The van der Waals surface area contributed by atoms with E-state index >= 15 is 0 Å². The molecule has 5 atom stereocenters. The average Bonchev–Trinajstić information content (AvgIpc) is 3.14. The molecule has 1 aromatic carbocycles. The lowest BCUT2D eigenvalue weighted by atomic mass is 9.97. The Morgan fingerprint density at radius 1 is 0.943 bits per heavy atom. The number of halogens is 1. The van der Waals surface area contributed by atoms with E-state index in [2.05, 4.69) is 0 Å². The van der Waals surface area contributed by atoms with Crippen LogP contribution in [0.1, 0.15) is 44.3 Å². The summed E-state index contributed by atoms with van der Waals surface area (Å²) in [6.45, 7) is 4.07. The summed E-state index contributed by atoms with van der Waals surface area (Å²) in [7, 11) is 0. The van der Waals surface area contributed by atoms with Crippen LogP contribution in [-0.2, 0) is 42.9 Å². The fraction of sp³-hybridized carbons (Fsp3) is 0.435. The van der Waals surface area contributed by atoms with Crippen molar-refractivity contribution in [3.63, 3.8) is 0 Å². The fourth-order valence-electron chi connectivity index (χ4n) is 4.03. The van der Waals surface area contributed by atoms with Gasteiger partial charge >= 0.3 is 23.9 Å². The lowest BCUT2D eigenvalue weighted by Crippen LogP contribution is -2.60. The highest BCUT2D eigenvalue weighted by atomic mass is 19.1. The Labute approximate surface area is 199 Å². The summed E-state index contributed by atoms with van der Waals surface area (Å²) in [5.41, 5.74) is 0.207. The smallest absolute Gasteiger partial charge is 0.303 e. The van der Waals surface area contributed by atoms with Crippen molar-refractivity contribution in [3.05, 3.63) is 35.8 Å². The number of carbonyl (C=O) groups is 5. The molecule has 1 aliphatic rings. The van der Waals surface area contributed by atoms with Gasteiger partial charge in [0.25, 0.3) is 0 Å². The molecule has 0 amide bonds. The number of fused-ring (bicyclic) bond motifs is 1. The van der Waals surface area contributed by atoms with Gasteiger partial charge in [-0.3, -0.25) is 24.0 Å². The zero-order valence-corrected chi connectivity index (χ0v) is 19.4. The lowest BCUT2D eigenvalue weighted by molar-refractivity contribution is -0.267. The molecular weight excluding hydrogens is 469 g/mol. The van der Waals surface area contributed by atoms with E-state index in [1.54, 1.807) is 0 Å². The molecular formula is C23H24FNO10. The van der Waals surface area contributed by atoms with Crippen LogP contribution in [0.5, 0.6) is 0 Å². The van der Waals surface area contributed by atoms with Gasteiger partial charge in [-0.25, -0.2) is 4.39 Å². The molecule has 0 N–H and O–H groups in total. The van der Waals surface area contributed by atoms with Crippen molar-refractivity contribution in [1.82, 2.24) is 4.57 Å². The van der Waals surface area contributed by atoms with E-state index in [1.807, 2.05) is 0 Å². The van der Waals surface area contributed by atoms with E-state index in [4.69, 9.17) is 23.7 Å². The number of ether oxygens (including phenoxy) is 5. The summed E-state index contributed by atoms with van der Waals surface area (Å²) >= 11 is 0. The first-order valence-electron chi connectivity index (χ1n) is 10.6. The molecule has 188 valence electrons. The number of esters is 4. The first kappa shape index (κ1) is 25.8. The number of aromatic nitrogens is 1. The lowest BCUT2D eigenvalue weighted by Gasteiger charge is -2.44. The number of hydrogen-bond donors (Lipinski definition) is 0. The van der Waals surface area contributed by atoms with Crippen LogP contribution in [0.4, 0.5) is 4.39 Å². The summed E-state index contributed by atoms with van der Waals surface area (Å²) < 4.78 is 43.2. The van der Waals surface area contributed by atoms with Crippen LogP contribution in [0.2, 0.25) is 0 Å². The van der Waals surface area contributed by atoms with Crippen LogP contribution < -0.4 is 0 Å². The summed E-state index contributed by atoms with van der Waals surface area (Å²) in [4.78, 5) is 58.9. The van der Waals surface area contributed by atoms with Crippen molar-refractivity contribution >= 4 is 41.1 Å². The van der Waals surface area contributed by atoms with E-state index < -0.39 is 66.9 Å². The predicted molar refractivity (Wildman–Crippen MR) is 114 cm³/mol. The van der Waals surface area contributed by atoms with Gasteiger partial charge in [0, 0.05) is 44.8 Å². The van der Waals surface area contributed by atoms with Gasteiger partial charge in [0.2, 0.25) is 0 Å². The molecule has 11 nitrogen and oxygen atoms in total. The topological polar surface area (TPSA) is 136 Å². The summed E-state index contributed by atoms with van der Waals surface area (Å²) in [6, 6.07) is 4.10. The monoisotopic (exact) mass is 493 g/mol. The third-order valence-electron chi connectivity index (χ3n) is 5.20. The molecule has 3 rings (SSSR count). The van der Waals surface area contributed by atoms with Gasteiger partial charge in [-0.1, -0.05) is 6.07 Å². The van der Waals surface area contributed by atoms with Gasteiger partial charge in [-0.2, -0.15) is 0 Å². The molecule has 0 saturated carbocycles. The minimum Gasteiger partial charge on any atom is -0.463 e. The Morgan fingerprint density at radius 2 is 1.54 bits per heavy atom. The first-order valence-corrected chi connectivity index (χ1v) is 10.6. The molecule has 1 fully saturated rings. The number of nitrogens with zero attached hydrogens (tertiary/aromatic N) is 1. The minimum absolute atomic E-state index is 0.00430. The molecule has 0 radical (unpaired) electrons. The second kappa shape index (κ2) is 10.6. The van der Waals surface area contributed by atoms with Crippen molar-refractivity contribution < 1.29 is 52.0 Å². The third kappa shape index (κ3) is 5.65. The molecule has 0 aliphatic carbocycles. The molecule has 12 heteroatoms. The number of benzene rings is 1. The minimum atomic E-state index is -1.40. The van der Waals surface area contributed by atoms with Crippen LogP contribution in [0.15, 0.2) is 24.4 Å². The van der Waals surface area contributed by atoms with Gasteiger partial charge in [0.1, 0.15) is 18.5 Å². The molecule has 0 spiro atoms. The Balaban J connectivity index is 2.20. The highest BCUT2D eigenvalue weighted by Crippen LogP contribution is 2.37. The maximum absolute atomic E-state index is 14.6. The second-order valence-electron chi connectivity index (χ2n) is 7.83. The number of rotatable bonds is 7. The fourth-order valence-corrected chi connectivity index (χ4v) is 4.03. The molecule has 0 bridgehead atoms. The highest BCUT2D eigenvalue weighted by Gasteiger charge is 2.53. The largest absolute Gasteiger partial charge is 0.463 e. The normalized spacial score (nSPS) is 23.9. The Kier molecular flexibility index (Phi) is 7.85. The first-order chi connectivity index (χ1) is 16.5. The van der Waals surface area contributed by atoms with Crippen molar-refractivity contribution in [2.75, 3.05) is 6.61 Å². The quantitative estimate of drug-likeness (QED) is 0.319. The van der Waals surface area contributed by atoms with Crippen LogP contribution in [0.25, 0.3) is 10.9 Å². The molecule has 2 aromatic rings. The highest BCUT2D eigenvalue weighted by molar-refractivity contribution is 5.98. The van der Waals surface area contributed by atoms with Crippen LogP contribution in [-0.4, -0.2) is 65.8 Å². The average molecular weight is 493 g/mol. The summed E-state index contributed by atoms with van der Waals surface area (Å²) in [5, 5.41) is -0.00430. The van der Waals surface area contributed by atoms with E-state index in [-0.39, 0.29) is 16.5 Å². The maximum atomic E-state index is 14.6. The second-order valence-corrected chi connectivity index (χ2v) is 7.83. The summed E-state index contributed by atoms with van der Waals surface area (Å²) in [5.74, 6) is -3.66. The number of carbonyl (C=O) groups excluding carboxylic acids is 5. The van der Waals surface area contributed by atoms with Gasteiger partial charge < -0.3 is 28.3 Å². The Bertz CT molecular complexity index is 1160. The Hall–Kier alpha value is -3.80. The van der Waals surface area contributed by atoms with Gasteiger partial charge in [0.05, 0.1) is 5.52 Å². The van der Waals surface area contributed by atoms with Gasteiger partial charge in [-0.15, -0.1) is 0 Å². The van der Waals surface area contributed by atoms with Crippen molar-refractivity contribution in [3.8, 4) is 0 Å². The predicted octanol–water partition coefficient (Wildman–Crippen LogP) is 1.85. The molecule has 35 heavy (non-hydrogen) atoms. The van der Waals surface area contributed by atoms with Crippen molar-refractivity contribution in [1.29, 1.82) is 0 Å². The summed E-state index contributed by atoms with van der Waals surface area (Å²) in [6.07, 6.45) is -4.86. The van der Waals surface area contributed by atoms with Crippen molar-refractivity contribution in [2.45, 2.75) is 58.3 Å². The SMILES string of the molecule is CC(=O)OCC1OC(n2cc(C=O)c3c(F)cccc32)[C@H](OC(C)=O)C(OC(C)=O)[C@@H]1OC(C)=O. The molecule has 2 heterocycles. The van der Waals surface area contributed by atoms with Gasteiger partial charge in [0.15, 0.2) is 30.8 Å². The van der Waals surface area contributed by atoms with Crippen LogP contribution in [0.3, 0.4) is 0 Å². The Morgan fingerprint density at radius 3 is 2.11 bits per heavy atom. The van der Waals surface area contributed by atoms with E-state index in [0.717, 1.165) is 27.7 Å². The van der Waals surface area contributed by atoms with Crippen LogP contribution >= 0.6 is 0 Å². The zero-order chi connectivity index (χ0) is 25.9. The number of hydrogen-bond acceptors (Lipinski definition) is 10. The maximum Gasteiger partial charge on any atom is 0.303 e. The molecule has 1 aromatic heterocycles. The van der Waals surface area contributed by atoms with Crippen molar-refractivity contribution in [2.24, 2.45) is 0 Å². The van der Waals surface area contributed by atoms with Crippen LogP contribution in [0, 0.1) is 5.82 Å². The standard InChI is InChI=1S/C23H24FNO10/c1-11(27)31-10-18-20(32-12(2)28)21(33-13(3)29)22(34-14(4)30)23(35-18)25-8-15(9-26)19-16(24)6-5-7-17(19)25/h5-9,18,20-23H,10H2,1-4H3/t18?,20-,21?,22-,23?/m1/s1. The van der Waals surface area contributed by atoms with E-state index in [0.29, 0.717) is 6.29 Å². The van der Waals surface area contributed by atoms with Gasteiger partial charge in [-0.05, 0) is 12.1 Å². The number of aldehydes is 1. The third-order valence-corrected chi connectivity index (χ3v) is 5.20. The molecule has 3 unspecified atom stereocenters. The molecule has 1 aliphatic heterocycles. The zero-order valence-electron chi connectivity index (χ0n) is 19.4.